The van der Waals surface area contributed by atoms with Crippen LogP contribution in [0.25, 0.3) is 0 Å². The summed E-state index contributed by atoms with van der Waals surface area (Å²) in [5, 5.41) is 17.0. The second-order valence-electron chi connectivity index (χ2n) is 3.18. The van der Waals surface area contributed by atoms with Crippen molar-refractivity contribution in [2.24, 2.45) is 10.2 Å². The van der Waals surface area contributed by atoms with Gasteiger partial charge in [-0.25, -0.2) is 4.79 Å². The molecule has 0 saturated carbocycles. The van der Waals surface area contributed by atoms with Crippen molar-refractivity contribution in [1.82, 2.24) is 0 Å². The van der Waals surface area contributed by atoms with Crippen LogP contribution < -0.4 is 0 Å². The van der Waals surface area contributed by atoms with Gasteiger partial charge in [-0.05, 0) is 19.1 Å². The minimum atomic E-state index is -0.754. The molecule has 18 heavy (non-hydrogen) atoms. The van der Waals surface area contributed by atoms with E-state index in [0.717, 1.165) is 0 Å². The highest BCUT2D eigenvalue weighted by atomic mass is 35.5. The van der Waals surface area contributed by atoms with Crippen molar-refractivity contribution >= 4 is 23.3 Å². The molecule has 0 aromatic heterocycles. The lowest BCUT2D eigenvalue weighted by Crippen LogP contribution is -2.09. The minimum Gasteiger partial charge on any atom is -0.508 e. The predicted molar refractivity (Wildman–Crippen MR) is 68.0 cm³/mol. The Labute approximate surface area is 110 Å². The van der Waals surface area contributed by atoms with E-state index in [-0.39, 0.29) is 23.9 Å². The van der Waals surface area contributed by atoms with Gasteiger partial charge >= 0.3 is 5.97 Å². The number of alkyl halides is 1. The first-order valence-electron chi connectivity index (χ1n) is 5.31. The SMILES string of the molecule is CCOC(=O)/C(N=Nc1ccccc1)=C(\O)CCl. The summed E-state index contributed by atoms with van der Waals surface area (Å²) in [4.78, 5) is 11.5. The van der Waals surface area contributed by atoms with Crippen LogP contribution in [0.2, 0.25) is 0 Å². The average molecular weight is 269 g/mol. The molecule has 0 bridgehead atoms. The molecule has 0 aliphatic heterocycles. The fourth-order valence-corrected chi connectivity index (χ4v) is 1.21. The smallest absolute Gasteiger partial charge is 0.362 e. The van der Waals surface area contributed by atoms with Gasteiger partial charge in [0, 0.05) is 0 Å². The van der Waals surface area contributed by atoms with Crippen LogP contribution in [0.5, 0.6) is 0 Å². The summed E-state index contributed by atoms with van der Waals surface area (Å²) in [5.41, 5.74) is 0.275. The Hall–Kier alpha value is -1.88. The number of ether oxygens (including phenoxy) is 1. The molecule has 96 valence electrons. The average Bonchev–Trinajstić information content (AvgIpc) is 2.40. The lowest BCUT2D eigenvalue weighted by Gasteiger charge is -2.02. The monoisotopic (exact) mass is 268 g/mol. The topological polar surface area (TPSA) is 71.2 Å². The third-order valence-corrected chi connectivity index (χ3v) is 2.14. The molecule has 0 unspecified atom stereocenters. The van der Waals surface area contributed by atoms with Crippen LogP contribution >= 0.6 is 11.6 Å². The highest BCUT2D eigenvalue weighted by Crippen LogP contribution is 2.15. The van der Waals surface area contributed by atoms with Crippen LogP contribution in [0.3, 0.4) is 0 Å². The third-order valence-electron chi connectivity index (χ3n) is 1.89. The number of carbonyl (C=O) groups excluding carboxylic acids is 1. The number of esters is 1. The van der Waals surface area contributed by atoms with E-state index in [4.69, 9.17) is 16.3 Å². The summed E-state index contributed by atoms with van der Waals surface area (Å²) in [5.74, 6) is -1.35. The number of allylic oxidation sites excluding steroid dienone is 1. The number of aliphatic hydroxyl groups excluding tert-OH is 1. The summed E-state index contributed by atoms with van der Waals surface area (Å²) < 4.78 is 4.75. The molecule has 0 aliphatic rings. The highest BCUT2D eigenvalue weighted by molar-refractivity contribution is 6.19. The van der Waals surface area contributed by atoms with E-state index in [9.17, 15) is 9.90 Å². The zero-order chi connectivity index (χ0) is 13.4. The van der Waals surface area contributed by atoms with Crippen molar-refractivity contribution in [3.05, 3.63) is 41.8 Å². The van der Waals surface area contributed by atoms with E-state index < -0.39 is 5.97 Å². The van der Waals surface area contributed by atoms with Gasteiger partial charge in [-0.15, -0.1) is 16.7 Å². The number of hydrogen-bond acceptors (Lipinski definition) is 5. The fraction of sp³-hybridized carbons (Fsp3) is 0.250. The normalized spacial score (nSPS) is 12.3. The van der Waals surface area contributed by atoms with Crippen LogP contribution in [0.4, 0.5) is 5.69 Å². The Morgan fingerprint density at radius 2 is 2.06 bits per heavy atom. The third kappa shape index (κ3) is 4.18. The molecule has 1 aromatic rings. The molecule has 0 amide bonds. The van der Waals surface area contributed by atoms with Gasteiger partial charge in [0.05, 0.1) is 18.2 Å². The van der Waals surface area contributed by atoms with Crippen molar-refractivity contribution in [1.29, 1.82) is 0 Å². The van der Waals surface area contributed by atoms with Gasteiger partial charge in [-0.3, -0.25) is 0 Å². The molecule has 1 N–H and O–H groups in total. The summed E-state index contributed by atoms with van der Waals surface area (Å²) in [6.45, 7) is 1.83. The predicted octanol–water partition coefficient (Wildman–Crippen LogP) is 3.34. The fourth-order valence-electron chi connectivity index (χ4n) is 1.08. The van der Waals surface area contributed by atoms with Crippen LogP contribution in [-0.4, -0.2) is 23.6 Å². The first-order chi connectivity index (χ1) is 8.69. The Bertz CT molecular complexity index is 458. The second kappa shape index (κ2) is 7.45. The van der Waals surface area contributed by atoms with Gasteiger partial charge in [0.2, 0.25) is 5.70 Å². The van der Waals surface area contributed by atoms with E-state index in [0.29, 0.717) is 5.69 Å². The summed E-state index contributed by atoms with van der Waals surface area (Å²) >= 11 is 5.46. The van der Waals surface area contributed by atoms with E-state index >= 15 is 0 Å². The maximum atomic E-state index is 11.5. The molecule has 0 fully saturated rings. The van der Waals surface area contributed by atoms with Crippen LogP contribution in [0, 0.1) is 0 Å². The van der Waals surface area contributed by atoms with Gasteiger partial charge < -0.3 is 9.84 Å². The molecule has 0 aliphatic carbocycles. The Morgan fingerprint density at radius 3 is 2.61 bits per heavy atom. The first kappa shape index (κ1) is 14.2. The maximum Gasteiger partial charge on any atom is 0.362 e. The van der Waals surface area contributed by atoms with Gasteiger partial charge in [0.1, 0.15) is 5.76 Å². The van der Waals surface area contributed by atoms with Gasteiger partial charge in [-0.2, -0.15) is 5.11 Å². The van der Waals surface area contributed by atoms with E-state index in [1.165, 1.54) is 0 Å². The van der Waals surface area contributed by atoms with Crippen LogP contribution in [0.1, 0.15) is 6.92 Å². The molecule has 0 radical (unpaired) electrons. The summed E-state index contributed by atoms with van der Waals surface area (Å²) in [7, 11) is 0. The van der Waals surface area contributed by atoms with Crippen molar-refractivity contribution in [2.45, 2.75) is 6.92 Å². The van der Waals surface area contributed by atoms with Crippen LogP contribution in [0.15, 0.2) is 52.0 Å². The van der Waals surface area contributed by atoms with Crippen molar-refractivity contribution < 1.29 is 14.6 Å². The summed E-state index contributed by atoms with van der Waals surface area (Å²) in [6.07, 6.45) is 0. The van der Waals surface area contributed by atoms with Crippen molar-refractivity contribution in [3.8, 4) is 0 Å². The van der Waals surface area contributed by atoms with E-state index in [1.54, 1.807) is 31.2 Å². The number of rotatable bonds is 5. The van der Waals surface area contributed by atoms with Crippen molar-refractivity contribution in [3.63, 3.8) is 0 Å². The molecule has 0 atom stereocenters. The Morgan fingerprint density at radius 1 is 1.39 bits per heavy atom. The lowest BCUT2D eigenvalue weighted by molar-refractivity contribution is -0.138. The standard InChI is InChI=1S/C12H13ClN2O3/c1-2-18-12(17)11(10(16)8-13)15-14-9-6-4-3-5-7-9/h3-7,16H,2,8H2,1H3/b11-10+,15-14?. The number of azo groups is 1. The van der Waals surface area contributed by atoms with Crippen molar-refractivity contribution in [2.75, 3.05) is 12.5 Å². The Balaban J connectivity index is 2.93. The number of halogens is 1. The highest BCUT2D eigenvalue weighted by Gasteiger charge is 2.15. The number of benzene rings is 1. The molecule has 1 aromatic carbocycles. The number of hydrogen-bond donors (Lipinski definition) is 1. The lowest BCUT2D eigenvalue weighted by atomic mass is 10.3. The maximum absolute atomic E-state index is 11.5. The number of aliphatic hydroxyl groups is 1. The Kier molecular flexibility index (Phi) is 5.87. The molecule has 0 spiro atoms. The van der Waals surface area contributed by atoms with Gasteiger partial charge in [0.15, 0.2) is 0 Å². The van der Waals surface area contributed by atoms with Gasteiger partial charge in [-0.1, -0.05) is 18.2 Å². The first-order valence-corrected chi connectivity index (χ1v) is 5.84. The van der Waals surface area contributed by atoms with E-state index in [1.807, 2.05) is 6.07 Å². The minimum absolute atomic E-state index is 0.179. The van der Waals surface area contributed by atoms with Crippen LogP contribution in [-0.2, 0) is 9.53 Å². The quantitative estimate of drug-likeness (QED) is 0.293. The number of nitrogens with zero attached hydrogens (tertiary/aromatic N) is 2. The zero-order valence-corrected chi connectivity index (χ0v) is 10.6. The molecule has 0 heterocycles. The second-order valence-corrected chi connectivity index (χ2v) is 3.45. The van der Waals surface area contributed by atoms with Gasteiger partial charge in [0.25, 0.3) is 0 Å². The molecule has 6 heteroatoms. The summed E-state index contributed by atoms with van der Waals surface area (Å²) in [6, 6.07) is 8.82. The molecular formula is C12H13ClN2O3. The number of carbonyl (C=O) groups is 1. The molecular weight excluding hydrogens is 256 g/mol. The largest absolute Gasteiger partial charge is 0.508 e. The molecule has 5 nitrogen and oxygen atoms in total. The van der Waals surface area contributed by atoms with E-state index in [2.05, 4.69) is 10.2 Å². The molecule has 0 saturated heterocycles. The molecule has 1 rings (SSSR count). The zero-order valence-electron chi connectivity index (χ0n) is 9.84.